The van der Waals surface area contributed by atoms with Gasteiger partial charge in [-0.25, -0.2) is 4.39 Å². The maximum atomic E-state index is 16.3. The Morgan fingerprint density at radius 2 is 1.51 bits per heavy atom. The van der Waals surface area contributed by atoms with Crippen LogP contribution in [0.15, 0.2) is 66.9 Å². The number of rotatable bonds is 4. The van der Waals surface area contributed by atoms with E-state index in [1.54, 1.807) is 18.3 Å². The molecule has 0 atom stereocenters. The van der Waals surface area contributed by atoms with Crippen LogP contribution in [-0.4, -0.2) is 11.2 Å². The summed E-state index contributed by atoms with van der Waals surface area (Å²) in [6.07, 6.45) is -2.65. The summed E-state index contributed by atoms with van der Waals surface area (Å²) in [7, 11) is 0. The van der Waals surface area contributed by atoms with Crippen LogP contribution in [0, 0.1) is 18.2 Å². The third-order valence-electron chi connectivity index (χ3n) is 7.47. The monoisotopic (exact) mass is 549 g/mol. The molecule has 0 aliphatic rings. The summed E-state index contributed by atoms with van der Waals surface area (Å²) in [5, 5.41) is 2.85. The Kier molecular flexibility index (Phi) is 6.61. The first-order valence-corrected chi connectivity index (χ1v) is 13.8. The first-order valence-electron chi connectivity index (χ1n) is 13.0. The molecule has 0 saturated carbocycles. The summed E-state index contributed by atoms with van der Waals surface area (Å²) in [6.45, 7) is 10.5. The Balaban J connectivity index is 1.63. The molecule has 5 rings (SSSR count). The lowest BCUT2D eigenvalue weighted by Gasteiger charge is -2.27. The fourth-order valence-corrected chi connectivity index (χ4v) is 6.54. The minimum atomic E-state index is -4.28. The van der Waals surface area contributed by atoms with E-state index in [0.717, 1.165) is 36.9 Å². The molecule has 202 valence electrons. The van der Waals surface area contributed by atoms with Crippen molar-refractivity contribution in [3.05, 3.63) is 89.4 Å². The molecule has 0 radical (unpaired) electrons. The van der Waals surface area contributed by atoms with E-state index in [9.17, 15) is 13.2 Å². The molecule has 0 bridgehead atoms. The van der Waals surface area contributed by atoms with Crippen molar-refractivity contribution in [3.63, 3.8) is 0 Å². The molecule has 0 saturated heterocycles. The fourth-order valence-electron chi connectivity index (χ4n) is 5.23. The number of halogens is 4. The molecule has 5 aromatic rings. The normalized spacial score (nSPS) is 13.0. The van der Waals surface area contributed by atoms with E-state index in [1.807, 2.05) is 76.2 Å². The molecule has 3 aromatic carbocycles. The Hall–Kier alpha value is -3.25. The molecule has 39 heavy (non-hydrogen) atoms. The molecular formula is C33H31F4NS. The van der Waals surface area contributed by atoms with Crippen LogP contribution in [0.1, 0.15) is 51.3 Å². The van der Waals surface area contributed by atoms with Gasteiger partial charge in [-0.15, -0.1) is 11.3 Å². The van der Waals surface area contributed by atoms with Gasteiger partial charge in [0.15, 0.2) is 0 Å². The van der Waals surface area contributed by atoms with Gasteiger partial charge in [0.1, 0.15) is 5.82 Å². The zero-order valence-electron chi connectivity index (χ0n) is 22.9. The lowest BCUT2D eigenvalue weighted by molar-refractivity contribution is -0.211. The number of alkyl halides is 3. The molecule has 1 nitrogen and oxygen atoms in total. The number of hydrogen-bond donors (Lipinski definition) is 0. The van der Waals surface area contributed by atoms with Gasteiger partial charge in [0.05, 0.1) is 15.8 Å². The number of aryl methyl sites for hydroxylation is 1. The highest BCUT2D eigenvalue weighted by atomic mass is 32.1. The molecule has 2 aromatic heterocycles. The number of aromatic nitrogens is 1. The Labute approximate surface area is 230 Å². The van der Waals surface area contributed by atoms with Crippen LogP contribution in [0.4, 0.5) is 17.6 Å². The SMILES string of the molecule is Cc1c(-c2ccc(CC(C)(C)C(F)(F)F)cc2)sc2c(-c3cc4ccccc4c(C(C)(C)C)c3F)nccc12. The summed E-state index contributed by atoms with van der Waals surface area (Å²) in [4.78, 5) is 5.66. The van der Waals surface area contributed by atoms with Gasteiger partial charge >= 0.3 is 6.18 Å². The number of thiophene rings is 1. The van der Waals surface area contributed by atoms with Gasteiger partial charge in [0, 0.05) is 22.2 Å². The van der Waals surface area contributed by atoms with E-state index in [2.05, 4.69) is 4.98 Å². The summed E-state index contributed by atoms with van der Waals surface area (Å²) < 4.78 is 57.3. The Bertz CT molecular complexity index is 1690. The second kappa shape index (κ2) is 9.44. The topological polar surface area (TPSA) is 12.9 Å². The molecule has 6 heteroatoms. The Morgan fingerprint density at radius 1 is 0.846 bits per heavy atom. The number of fused-ring (bicyclic) bond motifs is 2. The van der Waals surface area contributed by atoms with Gasteiger partial charge in [-0.05, 0) is 63.7 Å². The second-order valence-electron chi connectivity index (χ2n) is 11.9. The van der Waals surface area contributed by atoms with Crippen LogP contribution in [0.5, 0.6) is 0 Å². The largest absolute Gasteiger partial charge is 0.394 e. The van der Waals surface area contributed by atoms with E-state index >= 15 is 4.39 Å². The molecule has 0 spiro atoms. The minimum absolute atomic E-state index is 0.0897. The van der Waals surface area contributed by atoms with Gasteiger partial charge in [-0.2, -0.15) is 13.2 Å². The molecule has 0 N–H and O–H groups in total. The second-order valence-corrected chi connectivity index (χ2v) is 13.0. The Morgan fingerprint density at radius 3 is 2.15 bits per heavy atom. The van der Waals surface area contributed by atoms with E-state index in [4.69, 9.17) is 0 Å². The van der Waals surface area contributed by atoms with Gasteiger partial charge in [-0.1, -0.05) is 83.1 Å². The predicted octanol–water partition coefficient (Wildman–Crippen LogP) is 10.7. The molecule has 0 amide bonds. The van der Waals surface area contributed by atoms with Crippen LogP contribution < -0.4 is 0 Å². The van der Waals surface area contributed by atoms with E-state index in [0.29, 0.717) is 22.4 Å². The number of benzene rings is 3. The van der Waals surface area contributed by atoms with Gasteiger partial charge in [0.25, 0.3) is 0 Å². The van der Waals surface area contributed by atoms with E-state index in [1.165, 1.54) is 25.2 Å². The fraction of sp³-hybridized carbons (Fsp3) is 0.303. The predicted molar refractivity (Wildman–Crippen MR) is 155 cm³/mol. The highest BCUT2D eigenvalue weighted by Gasteiger charge is 2.46. The molecule has 0 aliphatic carbocycles. The van der Waals surface area contributed by atoms with Crippen LogP contribution >= 0.6 is 11.3 Å². The quantitative estimate of drug-likeness (QED) is 0.203. The van der Waals surface area contributed by atoms with Gasteiger partial charge in [-0.3, -0.25) is 4.98 Å². The van der Waals surface area contributed by atoms with Crippen LogP contribution in [0.2, 0.25) is 0 Å². The molecular weight excluding hydrogens is 518 g/mol. The van der Waals surface area contributed by atoms with Gasteiger partial charge in [0.2, 0.25) is 0 Å². The summed E-state index contributed by atoms with van der Waals surface area (Å²) in [5.74, 6) is -0.259. The zero-order chi connectivity index (χ0) is 28.3. The van der Waals surface area contributed by atoms with Crippen molar-refractivity contribution in [1.29, 1.82) is 0 Å². The van der Waals surface area contributed by atoms with E-state index < -0.39 is 17.0 Å². The van der Waals surface area contributed by atoms with Crippen LogP contribution in [0.25, 0.3) is 42.6 Å². The van der Waals surface area contributed by atoms with E-state index in [-0.39, 0.29) is 12.2 Å². The third kappa shape index (κ3) is 4.84. The molecule has 2 heterocycles. The smallest absolute Gasteiger partial charge is 0.255 e. The van der Waals surface area contributed by atoms with Crippen LogP contribution in [0.3, 0.4) is 0 Å². The average Bonchev–Trinajstić information content (AvgIpc) is 3.19. The highest BCUT2D eigenvalue weighted by molar-refractivity contribution is 7.23. The number of pyridine rings is 1. The van der Waals surface area contributed by atoms with Crippen molar-refractivity contribution in [2.24, 2.45) is 5.41 Å². The first kappa shape index (κ1) is 27.3. The molecule has 0 unspecified atom stereocenters. The van der Waals surface area contributed by atoms with Crippen molar-refractivity contribution >= 4 is 32.2 Å². The lowest BCUT2D eigenvalue weighted by atomic mass is 9.81. The van der Waals surface area contributed by atoms with Gasteiger partial charge < -0.3 is 0 Å². The lowest BCUT2D eigenvalue weighted by Crippen LogP contribution is -2.34. The van der Waals surface area contributed by atoms with Crippen molar-refractivity contribution < 1.29 is 17.6 Å². The maximum Gasteiger partial charge on any atom is 0.394 e. The summed E-state index contributed by atoms with van der Waals surface area (Å²) in [5.41, 5.74) is 2.12. The van der Waals surface area contributed by atoms with Crippen molar-refractivity contribution in [3.8, 4) is 21.7 Å². The first-order chi connectivity index (χ1) is 18.2. The number of hydrogen-bond acceptors (Lipinski definition) is 2. The summed E-state index contributed by atoms with van der Waals surface area (Å²) in [6, 6.07) is 19.0. The highest BCUT2D eigenvalue weighted by Crippen LogP contribution is 2.45. The summed E-state index contributed by atoms with van der Waals surface area (Å²) >= 11 is 1.54. The maximum absolute atomic E-state index is 16.3. The van der Waals surface area contributed by atoms with Crippen LogP contribution in [-0.2, 0) is 11.8 Å². The van der Waals surface area contributed by atoms with Crippen molar-refractivity contribution in [2.75, 3.05) is 0 Å². The molecule has 0 aliphatic heterocycles. The standard InChI is InChI=1S/C33H31F4NS/c1-19-23-15-16-38-28(25-17-22-9-7-8-10-24(22)26(27(25)34)31(2,3)4)30(23)39-29(19)21-13-11-20(12-14-21)18-32(5,6)33(35,36)37/h7-17H,18H2,1-6H3. The third-order valence-corrected chi connectivity index (χ3v) is 8.84. The number of nitrogens with zero attached hydrogens (tertiary/aromatic N) is 1. The molecule has 0 fully saturated rings. The van der Waals surface area contributed by atoms with Crippen molar-refractivity contribution in [2.45, 2.75) is 59.6 Å². The average molecular weight is 550 g/mol. The minimum Gasteiger partial charge on any atom is -0.255 e. The zero-order valence-corrected chi connectivity index (χ0v) is 23.7. The van der Waals surface area contributed by atoms with Crippen molar-refractivity contribution in [1.82, 2.24) is 4.98 Å².